The van der Waals surface area contributed by atoms with Crippen molar-refractivity contribution in [1.29, 1.82) is 0 Å². The highest BCUT2D eigenvalue weighted by Crippen LogP contribution is 2.19. The van der Waals surface area contributed by atoms with Gasteiger partial charge in [0.05, 0.1) is 25.0 Å². The number of halogens is 2. The van der Waals surface area contributed by atoms with Crippen LogP contribution in [0.2, 0.25) is 0 Å². The average Bonchev–Trinajstić information content (AvgIpc) is 2.78. The Morgan fingerprint density at radius 2 is 2.33 bits per heavy atom. The second-order valence-corrected chi connectivity index (χ2v) is 4.51. The summed E-state index contributed by atoms with van der Waals surface area (Å²) in [4.78, 5) is 3.95. The Labute approximate surface area is 112 Å². The average molecular weight is 315 g/mol. The fourth-order valence-corrected chi connectivity index (χ4v) is 1.68. The lowest BCUT2D eigenvalue weighted by Crippen LogP contribution is -2.04. The molecule has 0 aliphatic carbocycles. The highest BCUT2D eigenvalue weighted by Gasteiger charge is 2.06. The number of ether oxygens (including phenoxy) is 1. The Bertz CT molecular complexity index is 532. The fraction of sp³-hybridized carbons (Fsp3) is 0.273. The number of nitrogens with one attached hydrogen (secondary N) is 1. The van der Waals surface area contributed by atoms with Crippen LogP contribution in [0.15, 0.2) is 29.1 Å². The quantitative estimate of drug-likeness (QED) is 0.921. The lowest BCUT2D eigenvalue weighted by atomic mass is 10.4. The molecule has 5 nitrogen and oxygen atoms in total. The van der Waals surface area contributed by atoms with Crippen molar-refractivity contribution in [2.45, 2.75) is 6.54 Å². The lowest BCUT2D eigenvalue weighted by Gasteiger charge is -2.03. The Morgan fingerprint density at radius 1 is 1.50 bits per heavy atom. The molecule has 0 aromatic carbocycles. The molecular weight excluding hydrogens is 303 g/mol. The number of pyridine rings is 1. The standard InChI is InChI=1S/C11H12BrFN4O/c1-18-3-2-17-7-9(6-15-17)16-11-10(13)4-8(12)5-14-11/h4-7H,2-3H2,1H3,(H,14,16). The summed E-state index contributed by atoms with van der Waals surface area (Å²) in [6.07, 6.45) is 4.90. The highest BCUT2D eigenvalue weighted by molar-refractivity contribution is 9.10. The van der Waals surface area contributed by atoms with E-state index in [0.29, 0.717) is 23.3 Å². The summed E-state index contributed by atoms with van der Waals surface area (Å²) in [7, 11) is 1.63. The van der Waals surface area contributed by atoms with Crippen molar-refractivity contribution in [3.05, 3.63) is 34.9 Å². The summed E-state index contributed by atoms with van der Waals surface area (Å²) in [5, 5.41) is 6.98. The van der Waals surface area contributed by atoms with Gasteiger partial charge < -0.3 is 10.1 Å². The van der Waals surface area contributed by atoms with Gasteiger partial charge in [-0.3, -0.25) is 4.68 Å². The predicted octanol–water partition coefficient (Wildman–Crippen LogP) is 2.57. The maximum absolute atomic E-state index is 13.5. The summed E-state index contributed by atoms with van der Waals surface area (Å²) < 4.78 is 20.8. The van der Waals surface area contributed by atoms with E-state index < -0.39 is 5.82 Å². The van der Waals surface area contributed by atoms with E-state index in [2.05, 4.69) is 31.3 Å². The third-order valence-corrected chi connectivity index (χ3v) is 2.66. The Morgan fingerprint density at radius 3 is 3.06 bits per heavy atom. The van der Waals surface area contributed by atoms with Gasteiger partial charge in [-0.1, -0.05) is 0 Å². The van der Waals surface area contributed by atoms with E-state index in [-0.39, 0.29) is 5.82 Å². The zero-order valence-electron chi connectivity index (χ0n) is 9.73. The molecule has 2 rings (SSSR count). The van der Waals surface area contributed by atoms with Crippen LogP contribution >= 0.6 is 15.9 Å². The first-order valence-corrected chi connectivity index (χ1v) is 6.08. The van der Waals surface area contributed by atoms with E-state index in [1.54, 1.807) is 24.2 Å². The van der Waals surface area contributed by atoms with Crippen molar-refractivity contribution in [2.75, 3.05) is 19.0 Å². The van der Waals surface area contributed by atoms with Crippen molar-refractivity contribution < 1.29 is 9.13 Å². The zero-order valence-corrected chi connectivity index (χ0v) is 11.3. The second kappa shape index (κ2) is 5.92. The molecule has 0 aliphatic rings. The molecule has 0 fully saturated rings. The minimum atomic E-state index is -0.422. The summed E-state index contributed by atoms with van der Waals surface area (Å²) in [5.41, 5.74) is 0.680. The first-order valence-electron chi connectivity index (χ1n) is 5.28. The van der Waals surface area contributed by atoms with Crippen molar-refractivity contribution >= 4 is 27.4 Å². The molecule has 96 valence electrons. The topological polar surface area (TPSA) is 52.0 Å². The number of aromatic nitrogens is 3. The number of methoxy groups -OCH3 is 1. The van der Waals surface area contributed by atoms with Crippen LogP contribution in [0.25, 0.3) is 0 Å². The summed E-state index contributed by atoms with van der Waals surface area (Å²) in [6, 6.07) is 1.35. The first kappa shape index (κ1) is 13.0. The van der Waals surface area contributed by atoms with E-state index in [1.165, 1.54) is 12.3 Å². The van der Waals surface area contributed by atoms with Crippen molar-refractivity contribution in [2.24, 2.45) is 0 Å². The first-order chi connectivity index (χ1) is 8.69. The van der Waals surface area contributed by atoms with Gasteiger partial charge in [-0.05, 0) is 22.0 Å². The molecular formula is C11H12BrFN4O. The normalized spacial score (nSPS) is 10.6. The molecule has 1 N–H and O–H groups in total. The van der Waals surface area contributed by atoms with Crippen molar-refractivity contribution in [1.82, 2.24) is 14.8 Å². The molecule has 0 saturated heterocycles. The third-order valence-electron chi connectivity index (χ3n) is 2.23. The molecule has 0 atom stereocenters. The molecule has 0 aliphatic heterocycles. The van der Waals surface area contributed by atoms with E-state index in [1.807, 2.05) is 0 Å². The molecule has 18 heavy (non-hydrogen) atoms. The smallest absolute Gasteiger partial charge is 0.166 e. The van der Waals surface area contributed by atoms with E-state index >= 15 is 0 Å². The fourth-order valence-electron chi connectivity index (χ4n) is 1.38. The van der Waals surface area contributed by atoms with Crippen molar-refractivity contribution in [3.8, 4) is 0 Å². The molecule has 0 unspecified atom stereocenters. The molecule has 7 heteroatoms. The Hall–Kier alpha value is -1.47. The van der Waals surface area contributed by atoms with Crippen LogP contribution in [0.4, 0.5) is 15.9 Å². The summed E-state index contributed by atoms with van der Waals surface area (Å²) in [5.74, 6) is -0.251. The predicted molar refractivity (Wildman–Crippen MR) is 69.3 cm³/mol. The van der Waals surface area contributed by atoms with E-state index in [9.17, 15) is 4.39 Å². The van der Waals surface area contributed by atoms with Gasteiger partial charge in [0.15, 0.2) is 11.6 Å². The Balaban J connectivity index is 2.06. The number of nitrogens with zero attached hydrogens (tertiary/aromatic N) is 3. The van der Waals surface area contributed by atoms with Crippen LogP contribution in [0, 0.1) is 5.82 Å². The molecule has 0 amide bonds. The van der Waals surface area contributed by atoms with Gasteiger partial charge in [0, 0.05) is 24.0 Å². The van der Waals surface area contributed by atoms with Crippen LogP contribution in [0.5, 0.6) is 0 Å². The minimum Gasteiger partial charge on any atom is -0.383 e. The van der Waals surface area contributed by atoms with Gasteiger partial charge in [-0.2, -0.15) is 5.10 Å². The molecule has 2 heterocycles. The Kier molecular flexibility index (Phi) is 4.27. The number of hydrogen-bond acceptors (Lipinski definition) is 4. The van der Waals surface area contributed by atoms with Crippen LogP contribution in [0.3, 0.4) is 0 Å². The summed E-state index contributed by atoms with van der Waals surface area (Å²) >= 11 is 3.15. The van der Waals surface area contributed by atoms with Gasteiger partial charge in [-0.25, -0.2) is 9.37 Å². The molecule has 0 bridgehead atoms. The maximum atomic E-state index is 13.5. The number of anilines is 2. The SMILES string of the molecule is COCCn1cc(Nc2ncc(Br)cc2F)cn1. The third kappa shape index (κ3) is 3.27. The van der Waals surface area contributed by atoms with Crippen LogP contribution in [0.1, 0.15) is 0 Å². The van der Waals surface area contributed by atoms with Crippen LogP contribution in [-0.2, 0) is 11.3 Å². The van der Waals surface area contributed by atoms with Gasteiger partial charge in [0.1, 0.15) is 0 Å². The molecule has 0 spiro atoms. The molecule has 0 radical (unpaired) electrons. The van der Waals surface area contributed by atoms with Gasteiger partial charge in [0.25, 0.3) is 0 Å². The van der Waals surface area contributed by atoms with Crippen molar-refractivity contribution in [3.63, 3.8) is 0 Å². The molecule has 0 saturated carbocycles. The monoisotopic (exact) mass is 314 g/mol. The largest absolute Gasteiger partial charge is 0.383 e. The summed E-state index contributed by atoms with van der Waals surface area (Å²) in [6.45, 7) is 1.22. The second-order valence-electron chi connectivity index (χ2n) is 3.59. The molecule has 2 aromatic rings. The lowest BCUT2D eigenvalue weighted by molar-refractivity contribution is 0.183. The molecule has 2 aromatic heterocycles. The van der Waals surface area contributed by atoms with Gasteiger partial charge >= 0.3 is 0 Å². The van der Waals surface area contributed by atoms with Crippen LogP contribution < -0.4 is 5.32 Å². The maximum Gasteiger partial charge on any atom is 0.166 e. The van der Waals surface area contributed by atoms with E-state index in [4.69, 9.17) is 4.74 Å². The highest BCUT2D eigenvalue weighted by atomic mass is 79.9. The zero-order chi connectivity index (χ0) is 13.0. The number of rotatable bonds is 5. The number of hydrogen-bond donors (Lipinski definition) is 1. The van der Waals surface area contributed by atoms with Crippen LogP contribution in [-0.4, -0.2) is 28.5 Å². The van der Waals surface area contributed by atoms with Gasteiger partial charge in [0.2, 0.25) is 0 Å². The van der Waals surface area contributed by atoms with Gasteiger partial charge in [-0.15, -0.1) is 0 Å². The minimum absolute atomic E-state index is 0.171. The van der Waals surface area contributed by atoms with E-state index in [0.717, 1.165) is 0 Å².